The Kier molecular flexibility index (Phi) is 6.56. The third-order valence-corrected chi connectivity index (χ3v) is 7.05. The zero-order chi connectivity index (χ0) is 25.2. The molecule has 0 fully saturated rings. The van der Waals surface area contributed by atoms with Gasteiger partial charge in [0.1, 0.15) is 29.1 Å². The Bertz CT molecular complexity index is 1430. The molecule has 5 N–H and O–H groups in total. The molecular weight excluding hydrogens is 472 g/mol. The van der Waals surface area contributed by atoms with Gasteiger partial charge < -0.3 is 15.8 Å². The molecule has 11 nitrogen and oxygen atoms in total. The second kappa shape index (κ2) is 9.58. The predicted octanol–water partition coefficient (Wildman–Crippen LogP) is 1.14. The maximum Gasteiger partial charge on any atom is 0.278 e. The number of nitrogens with zero attached hydrogens (tertiary/aromatic N) is 2. The van der Waals surface area contributed by atoms with Crippen molar-refractivity contribution in [1.82, 2.24) is 14.9 Å². The zero-order valence-electron chi connectivity index (χ0n) is 18.8. The lowest BCUT2D eigenvalue weighted by molar-refractivity contribution is -0.124. The van der Waals surface area contributed by atoms with Gasteiger partial charge in [0.05, 0.1) is 18.2 Å². The molecule has 0 bridgehead atoms. The lowest BCUT2D eigenvalue weighted by Crippen LogP contribution is -2.36. The van der Waals surface area contributed by atoms with Crippen molar-refractivity contribution in [3.63, 3.8) is 0 Å². The molecule has 2 aromatic carbocycles. The summed E-state index contributed by atoms with van der Waals surface area (Å²) in [5.41, 5.74) is 5.94. The SMILES string of the molecule is COc1ccc(S(=O)(=O)Nc2cnc3n(c2=O)[C@H](C(=O)NCc2ccc(C(=N)N)cc2)CC3)cc1. The van der Waals surface area contributed by atoms with Gasteiger partial charge in [0.15, 0.2) is 0 Å². The fourth-order valence-electron chi connectivity index (χ4n) is 3.79. The molecule has 0 aliphatic carbocycles. The molecule has 12 heteroatoms. The quantitative estimate of drug-likeness (QED) is 0.268. The van der Waals surface area contributed by atoms with Gasteiger partial charge in [-0.2, -0.15) is 0 Å². The highest BCUT2D eigenvalue weighted by Crippen LogP contribution is 2.24. The highest BCUT2D eigenvalue weighted by atomic mass is 32.2. The molecule has 1 amide bonds. The van der Waals surface area contributed by atoms with E-state index < -0.39 is 21.6 Å². The molecule has 0 unspecified atom stereocenters. The number of rotatable bonds is 8. The Morgan fingerprint density at radius 3 is 2.51 bits per heavy atom. The number of hydrogen-bond acceptors (Lipinski definition) is 7. The number of nitrogens with one attached hydrogen (secondary N) is 3. The Morgan fingerprint density at radius 2 is 1.89 bits per heavy atom. The van der Waals surface area contributed by atoms with E-state index in [2.05, 4.69) is 15.0 Å². The molecule has 0 radical (unpaired) electrons. The number of nitrogens with two attached hydrogens (primary N) is 1. The van der Waals surface area contributed by atoms with Crippen molar-refractivity contribution in [2.45, 2.75) is 30.3 Å². The molecule has 3 aromatic rings. The largest absolute Gasteiger partial charge is 0.497 e. The number of anilines is 1. The van der Waals surface area contributed by atoms with Gasteiger partial charge in [-0.3, -0.25) is 24.3 Å². The van der Waals surface area contributed by atoms with Crippen LogP contribution in [-0.4, -0.2) is 36.8 Å². The number of fused-ring (bicyclic) bond motifs is 1. The number of nitrogen functional groups attached to an aromatic ring is 1. The molecule has 1 aliphatic heterocycles. The van der Waals surface area contributed by atoms with E-state index in [9.17, 15) is 18.0 Å². The number of amidine groups is 1. The number of ether oxygens (including phenoxy) is 1. The highest BCUT2D eigenvalue weighted by Gasteiger charge is 2.31. The van der Waals surface area contributed by atoms with Crippen LogP contribution < -0.4 is 26.1 Å². The fourth-order valence-corrected chi connectivity index (χ4v) is 4.83. The second-order valence-corrected chi connectivity index (χ2v) is 9.61. The van der Waals surface area contributed by atoms with Crippen molar-refractivity contribution in [3.8, 4) is 5.75 Å². The second-order valence-electron chi connectivity index (χ2n) is 7.93. The van der Waals surface area contributed by atoms with Crippen molar-refractivity contribution in [2.75, 3.05) is 11.8 Å². The molecule has 0 saturated heterocycles. The van der Waals surface area contributed by atoms with Crippen LogP contribution >= 0.6 is 0 Å². The predicted molar refractivity (Wildman–Crippen MR) is 129 cm³/mol. The van der Waals surface area contributed by atoms with Crippen molar-refractivity contribution in [2.24, 2.45) is 5.73 Å². The summed E-state index contributed by atoms with van der Waals surface area (Å²) in [6.07, 6.45) is 1.95. The maximum atomic E-state index is 13.1. The van der Waals surface area contributed by atoms with Crippen molar-refractivity contribution >= 4 is 27.5 Å². The molecule has 1 aromatic heterocycles. The van der Waals surface area contributed by atoms with Gasteiger partial charge in [-0.1, -0.05) is 24.3 Å². The number of benzene rings is 2. The third-order valence-electron chi connectivity index (χ3n) is 5.67. The smallest absolute Gasteiger partial charge is 0.278 e. The van der Waals surface area contributed by atoms with Gasteiger partial charge in [-0.25, -0.2) is 13.4 Å². The van der Waals surface area contributed by atoms with E-state index in [-0.39, 0.29) is 28.9 Å². The lowest BCUT2D eigenvalue weighted by atomic mass is 10.1. The summed E-state index contributed by atoms with van der Waals surface area (Å²) in [5.74, 6) is 0.479. The zero-order valence-corrected chi connectivity index (χ0v) is 19.6. The average molecular weight is 497 g/mol. The van der Waals surface area contributed by atoms with Crippen LogP contribution in [0.15, 0.2) is 64.4 Å². The summed E-state index contributed by atoms with van der Waals surface area (Å²) in [5, 5.41) is 10.2. The van der Waals surface area contributed by atoms with Crippen LogP contribution in [0, 0.1) is 5.41 Å². The molecular formula is C23H24N6O5S. The van der Waals surface area contributed by atoms with E-state index in [1.165, 1.54) is 42.1 Å². The minimum Gasteiger partial charge on any atom is -0.497 e. The molecule has 182 valence electrons. The van der Waals surface area contributed by atoms with E-state index in [0.717, 1.165) is 5.56 Å². The summed E-state index contributed by atoms with van der Waals surface area (Å²) in [6, 6.07) is 11.8. The number of hydrogen-bond donors (Lipinski definition) is 4. The van der Waals surface area contributed by atoms with Crippen LogP contribution in [0.2, 0.25) is 0 Å². The van der Waals surface area contributed by atoms with Crippen LogP contribution in [0.3, 0.4) is 0 Å². The molecule has 0 saturated carbocycles. The Labute approximate surface area is 201 Å². The Morgan fingerprint density at radius 1 is 1.20 bits per heavy atom. The van der Waals surface area contributed by atoms with Crippen molar-refractivity contribution in [3.05, 3.63) is 82.0 Å². The number of methoxy groups -OCH3 is 1. The standard InChI is InChI=1S/C23H24N6O5S/c1-34-16-6-8-17(9-7-16)35(32,33)28-18-13-26-20-11-10-19(29(20)23(18)31)22(30)27-12-14-2-4-15(5-3-14)21(24)25/h2-9,13,19,28H,10-12H2,1H3,(H3,24,25)(H,27,30)/t19-/m0/s1. The van der Waals surface area contributed by atoms with Crippen LogP contribution in [-0.2, 0) is 27.8 Å². The topological polar surface area (TPSA) is 169 Å². The summed E-state index contributed by atoms with van der Waals surface area (Å²) in [7, 11) is -2.59. The normalized spacial score (nSPS) is 14.7. The van der Waals surface area contributed by atoms with E-state index >= 15 is 0 Å². The van der Waals surface area contributed by atoms with Crippen LogP contribution in [0.5, 0.6) is 5.75 Å². The summed E-state index contributed by atoms with van der Waals surface area (Å²) < 4.78 is 34.1. The molecule has 4 rings (SSSR count). The number of carbonyl (C=O) groups excluding carboxylic acids is 1. The Balaban J connectivity index is 1.51. The fraction of sp³-hybridized carbons (Fsp3) is 0.217. The molecule has 35 heavy (non-hydrogen) atoms. The molecule has 0 spiro atoms. The minimum absolute atomic E-state index is 0.0477. The van der Waals surface area contributed by atoms with Crippen LogP contribution in [0.1, 0.15) is 29.4 Å². The first kappa shape index (κ1) is 24.0. The van der Waals surface area contributed by atoms with Crippen LogP contribution in [0.25, 0.3) is 0 Å². The van der Waals surface area contributed by atoms with Crippen molar-refractivity contribution in [1.29, 1.82) is 5.41 Å². The molecule has 1 aliphatic rings. The van der Waals surface area contributed by atoms with Crippen molar-refractivity contribution < 1.29 is 17.9 Å². The number of amides is 1. The maximum absolute atomic E-state index is 13.1. The van der Waals surface area contributed by atoms with Gasteiger partial charge >= 0.3 is 0 Å². The van der Waals surface area contributed by atoms with Gasteiger partial charge in [0.25, 0.3) is 15.6 Å². The number of aromatic nitrogens is 2. The lowest BCUT2D eigenvalue weighted by Gasteiger charge is -2.16. The highest BCUT2D eigenvalue weighted by molar-refractivity contribution is 7.92. The van der Waals surface area contributed by atoms with E-state index in [4.69, 9.17) is 15.9 Å². The monoisotopic (exact) mass is 496 g/mol. The number of aryl methyl sites for hydroxylation is 1. The van der Waals surface area contributed by atoms with E-state index in [0.29, 0.717) is 30.0 Å². The number of sulfonamides is 1. The minimum atomic E-state index is -4.06. The van der Waals surface area contributed by atoms with Gasteiger partial charge in [-0.15, -0.1) is 0 Å². The first-order valence-corrected chi connectivity index (χ1v) is 12.2. The first-order valence-electron chi connectivity index (χ1n) is 10.7. The molecule has 1 atom stereocenters. The van der Waals surface area contributed by atoms with Crippen LogP contribution in [0.4, 0.5) is 5.69 Å². The van der Waals surface area contributed by atoms with Gasteiger partial charge in [-0.05, 0) is 36.2 Å². The average Bonchev–Trinajstić information content (AvgIpc) is 3.29. The molecule has 2 heterocycles. The van der Waals surface area contributed by atoms with Gasteiger partial charge in [0.2, 0.25) is 5.91 Å². The summed E-state index contributed by atoms with van der Waals surface area (Å²) in [6.45, 7) is 0.217. The van der Waals surface area contributed by atoms with E-state index in [1.807, 2.05) is 0 Å². The Hall–Kier alpha value is -4.19. The van der Waals surface area contributed by atoms with Gasteiger partial charge in [0, 0.05) is 18.5 Å². The summed E-state index contributed by atoms with van der Waals surface area (Å²) in [4.78, 5) is 30.2. The third kappa shape index (κ3) is 5.01. The summed E-state index contributed by atoms with van der Waals surface area (Å²) >= 11 is 0. The first-order chi connectivity index (χ1) is 16.7. The number of carbonyl (C=O) groups is 1. The van der Waals surface area contributed by atoms with E-state index in [1.54, 1.807) is 24.3 Å².